The normalized spacial score (nSPS) is 17.6. The molecule has 7 nitrogen and oxygen atoms in total. The van der Waals surface area contributed by atoms with Gasteiger partial charge in [0.2, 0.25) is 11.1 Å². The highest BCUT2D eigenvalue weighted by molar-refractivity contribution is 7.99. The summed E-state index contributed by atoms with van der Waals surface area (Å²) >= 11 is 1.35. The number of hydrogen-bond donors (Lipinski definition) is 0. The lowest BCUT2D eigenvalue weighted by Gasteiger charge is -2.33. The van der Waals surface area contributed by atoms with Crippen LogP contribution in [0.5, 0.6) is 5.75 Å². The van der Waals surface area contributed by atoms with Crippen LogP contribution >= 0.6 is 11.8 Å². The number of aryl methyl sites for hydroxylation is 1. The van der Waals surface area contributed by atoms with Crippen LogP contribution in [0.4, 0.5) is 0 Å². The third-order valence-electron chi connectivity index (χ3n) is 5.23. The van der Waals surface area contributed by atoms with E-state index in [0.29, 0.717) is 17.0 Å². The molecule has 1 amide bonds. The average molecular weight is 385 g/mol. The van der Waals surface area contributed by atoms with Gasteiger partial charge in [-0.1, -0.05) is 11.8 Å². The van der Waals surface area contributed by atoms with Crippen molar-refractivity contribution < 1.29 is 9.53 Å². The first-order valence-corrected chi connectivity index (χ1v) is 10.2. The molecule has 0 bridgehead atoms. The van der Waals surface area contributed by atoms with Crippen LogP contribution in [0.1, 0.15) is 26.2 Å². The molecule has 3 aromatic rings. The smallest absolute Gasteiger partial charge is 0.233 e. The van der Waals surface area contributed by atoms with Gasteiger partial charge in [-0.3, -0.25) is 4.79 Å². The number of fused-ring (bicyclic) bond motifs is 3. The minimum absolute atomic E-state index is 0.151. The summed E-state index contributed by atoms with van der Waals surface area (Å²) in [6, 6.07) is 6.18. The number of methoxy groups -OCH3 is 1. The Hall–Kier alpha value is -2.35. The van der Waals surface area contributed by atoms with Gasteiger partial charge in [0.1, 0.15) is 11.3 Å². The second-order valence-corrected chi connectivity index (χ2v) is 7.87. The predicted molar refractivity (Wildman–Crippen MR) is 106 cm³/mol. The second-order valence-electron chi connectivity index (χ2n) is 6.93. The van der Waals surface area contributed by atoms with E-state index < -0.39 is 0 Å². The van der Waals surface area contributed by atoms with Crippen molar-refractivity contribution >= 4 is 39.7 Å². The summed E-state index contributed by atoms with van der Waals surface area (Å²) in [4.78, 5) is 19.2. The Kier molecular flexibility index (Phi) is 4.90. The van der Waals surface area contributed by atoms with Crippen LogP contribution in [-0.4, -0.2) is 56.0 Å². The third kappa shape index (κ3) is 3.34. The molecule has 1 atom stereocenters. The van der Waals surface area contributed by atoms with Crippen LogP contribution in [0, 0.1) is 0 Å². The quantitative estimate of drug-likeness (QED) is 0.643. The maximum absolute atomic E-state index is 12.5. The Morgan fingerprint density at radius 2 is 2.19 bits per heavy atom. The fraction of sp³-hybridized carbons (Fsp3) is 0.474. The van der Waals surface area contributed by atoms with Crippen LogP contribution in [-0.2, 0) is 11.8 Å². The molecule has 0 N–H and O–H groups in total. The van der Waals surface area contributed by atoms with E-state index in [1.54, 1.807) is 7.11 Å². The Balaban J connectivity index is 1.57. The Morgan fingerprint density at radius 1 is 1.33 bits per heavy atom. The van der Waals surface area contributed by atoms with Crippen molar-refractivity contribution in [2.24, 2.45) is 7.05 Å². The topological polar surface area (TPSA) is 73.1 Å². The lowest BCUT2D eigenvalue weighted by Crippen LogP contribution is -2.42. The van der Waals surface area contributed by atoms with Crippen LogP contribution in [0.3, 0.4) is 0 Å². The van der Waals surface area contributed by atoms with Gasteiger partial charge in [-0.2, -0.15) is 0 Å². The molecule has 0 spiro atoms. The number of thioether (sulfide) groups is 1. The predicted octanol–water partition coefficient (Wildman–Crippen LogP) is 3.02. The van der Waals surface area contributed by atoms with Gasteiger partial charge in [0, 0.05) is 25.0 Å². The largest absolute Gasteiger partial charge is 0.497 e. The minimum atomic E-state index is 0.151. The van der Waals surface area contributed by atoms with Crippen molar-refractivity contribution in [1.29, 1.82) is 0 Å². The molecular formula is C19H23N5O2S. The number of ether oxygens (including phenoxy) is 1. The number of aromatic nitrogens is 4. The Labute approximate surface area is 162 Å². The monoisotopic (exact) mass is 385 g/mol. The molecule has 1 aromatic carbocycles. The number of likely N-dealkylation sites (tertiary alicyclic amines) is 1. The first-order valence-electron chi connectivity index (χ1n) is 9.17. The van der Waals surface area contributed by atoms with Gasteiger partial charge in [0.15, 0.2) is 5.65 Å². The summed E-state index contributed by atoms with van der Waals surface area (Å²) in [5.41, 5.74) is 2.52. The standard InChI is InChI=1S/C19H23N5O2S/c1-12-6-4-5-9-24(12)16(25)11-27-19-20-18-17(21-22-19)14-10-13(26-3)7-8-15(14)23(18)2/h7-8,10,12H,4-6,9,11H2,1-3H3/t12-/m1/s1. The highest BCUT2D eigenvalue weighted by Crippen LogP contribution is 2.29. The van der Waals surface area contributed by atoms with Gasteiger partial charge in [0.25, 0.3) is 0 Å². The van der Waals surface area contributed by atoms with E-state index in [-0.39, 0.29) is 5.91 Å². The van der Waals surface area contributed by atoms with E-state index in [4.69, 9.17) is 4.74 Å². The van der Waals surface area contributed by atoms with Crippen molar-refractivity contribution in [1.82, 2.24) is 24.6 Å². The second kappa shape index (κ2) is 7.34. The van der Waals surface area contributed by atoms with Gasteiger partial charge in [0.05, 0.1) is 18.4 Å². The highest BCUT2D eigenvalue weighted by Gasteiger charge is 2.23. The Bertz CT molecular complexity index is 1000. The molecule has 27 heavy (non-hydrogen) atoms. The zero-order valence-corrected chi connectivity index (χ0v) is 16.6. The molecule has 0 aliphatic carbocycles. The lowest BCUT2D eigenvalue weighted by molar-refractivity contribution is -0.131. The summed E-state index contributed by atoms with van der Waals surface area (Å²) in [6.45, 7) is 2.97. The molecule has 1 aliphatic rings. The van der Waals surface area contributed by atoms with Crippen molar-refractivity contribution in [2.45, 2.75) is 37.4 Å². The van der Waals surface area contributed by atoms with E-state index in [2.05, 4.69) is 22.1 Å². The molecule has 8 heteroatoms. The molecule has 0 radical (unpaired) electrons. The average Bonchev–Trinajstić information content (AvgIpc) is 2.98. The minimum Gasteiger partial charge on any atom is -0.497 e. The molecule has 1 fully saturated rings. The summed E-state index contributed by atoms with van der Waals surface area (Å²) in [5.74, 6) is 1.27. The van der Waals surface area contributed by atoms with Crippen LogP contribution in [0.2, 0.25) is 0 Å². The first kappa shape index (κ1) is 18.0. The molecule has 0 saturated carbocycles. The van der Waals surface area contributed by atoms with Crippen LogP contribution in [0.25, 0.3) is 22.1 Å². The molecule has 2 aromatic heterocycles. The Morgan fingerprint density at radius 3 is 2.96 bits per heavy atom. The molecule has 4 rings (SSSR count). The number of hydrogen-bond acceptors (Lipinski definition) is 6. The zero-order valence-electron chi connectivity index (χ0n) is 15.8. The number of benzene rings is 1. The van der Waals surface area contributed by atoms with Crippen LogP contribution in [0.15, 0.2) is 23.4 Å². The fourth-order valence-electron chi connectivity index (χ4n) is 3.69. The van der Waals surface area contributed by atoms with Gasteiger partial charge in [-0.15, -0.1) is 10.2 Å². The van der Waals surface area contributed by atoms with E-state index in [9.17, 15) is 4.79 Å². The van der Waals surface area contributed by atoms with Crippen molar-refractivity contribution in [3.05, 3.63) is 18.2 Å². The summed E-state index contributed by atoms with van der Waals surface area (Å²) in [5, 5.41) is 10.1. The molecule has 142 valence electrons. The molecule has 3 heterocycles. The van der Waals surface area contributed by atoms with E-state index in [1.165, 1.54) is 18.2 Å². The summed E-state index contributed by atoms with van der Waals surface area (Å²) in [7, 11) is 3.60. The van der Waals surface area contributed by atoms with Crippen molar-refractivity contribution in [3.8, 4) is 5.75 Å². The zero-order chi connectivity index (χ0) is 19.0. The number of carbonyl (C=O) groups excluding carboxylic acids is 1. The highest BCUT2D eigenvalue weighted by atomic mass is 32.2. The molecular weight excluding hydrogens is 362 g/mol. The summed E-state index contributed by atoms with van der Waals surface area (Å²) < 4.78 is 7.31. The number of carbonyl (C=O) groups is 1. The maximum atomic E-state index is 12.5. The number of rotatable bonds is 4. The van der Waals surface area contributed by atoms with E-state index in [0.717, 1.165) is 47.2 Å². The number of nitrogens with zero attached hydrogens (tertiary/aromatic N) is 5. The van der Waals surface area contributed by atoms with E-state index >= 15 is 0 Å². The first-order chi connectivity index (χ1) is 13.1. The van der Waals surface area contributed by atoms with Gasteiger partial charge >= 0.3 is 0 Å². The SMILES string of the molecule is COc1ccc2c(c1)c1nnc(SCC(=O)N3CCCC[C@H]3C)nc1n2C. The molecule has 1 aliphatic heterocycles. The maximum Gasteiger partial charge on any atom is 0.233 e. The number of amides is 1. The fourth-order valence-corrected chi connectivity index (χ4v) is 4.36. The van der Waals surface area contributed by atoms with Crippen molar-refractivity contribution in [3.63, 3.8) is 0 Å². The number of piperidine rings is 1. The van der Waals surface area contributed by atoms with Gasteiger partial charge in [-0.25, -0.2) is 4.98 Å². The third-order valence-corrected chi connectivity index (χ3v) is 6.06. The van der Waals surface area contributed by atoms with Gasteiger partial charge in [-0.05, 0) is 44.4 Å². The van der Waals surface area contributed by atoms with Crippen LogP contribution < -0.4 is 4.74 Å². The van der Waals surface area contributed by atoms with Gasteiger partial charge < -0.3 is 14.2 Å². The van der Waals surface area contributed by atoms with Crippen molar-refractivity contribution in [2.75, 3.05) is 19.4 Å². The van der Waals surface area contributed by atoms with E-state index in [1.807, 2.05) is 34.7 Å². The summed E-state index contributed by atoms with van der Waals surface area (Å²) in [6.07, 6.45) is 3.37. The molecule has 1 saturated heterocycles. The lowest BCUT2D eigenvalue weighted by atomic mass is 10.0. The molecule has 0 unspecified atom stereocenters.